The lowest BCUT2D eigenvalue weighted by atomic mass is 9.95. The second-order valence-electron chi connectivity index (χ2n) is 7.40. The van der Waals surface area contributed by atoms with Gasteiger partial charge in [0.05, 0.1) is 17.4 Å². The van der Waals surface area contributed by atoms with Crippen molar-refractivity contribution in [1.29, 1.82) is 10.5 Å². The summed E-state index contributed by atoms with van der Waals surface area (Å²) in [5.41, 5.74) is 9.72. The van der Waals surface area contributed by atoms with Crippen LogP contribution in [-0.2, 0) is 5.75 Å². The Hall–Kier alpha value is -3.55. The standard InChI is InChI=1S/C24H21N5OS/c1-15-4-2-5-17(28-15)14-31-24-21(13-26)22(20(12-25)23(27)29-24)16-8-10-19(11-9-16)30-18-6-3-7-18/h2,4-5,8-11,18H,3,6-7,14H2,1H3,(H2,27,29). The molecule has 0 spiro atoms. The quantitative estimate of drug-likeness (QED) is 0.551. The third-order valence-corrected chi connectivity index (χ3v) is 6.23. The predicted molar refractivity (Wildman–Crippen MR) is 120 cm³/mol. The van der Waals surface area contributed by atoms with Gasteiger partial charge in [-0.15, -0.1) is 0 Å². The van der Waals surface area contributed by atoms with Crippen LogP contribution in [-0.4, -0.2) is 16.1 Å². The largest absolute Gasteiger partial charge is 0.490 e. The molecule has 0 aliphatic heterocycles. The van der Waals surface area contributed by atoms with Gasteiger partial charge in [-0.25, -0.2) is 4.98 Å². The number of aromatic nitrogens is 2. The van der Waals surface area contributed by atoms with E-state index in [2.05, 4.69) is 22.1 Å². The Labute approximate surface area is 185 Å². The van der Waals surface area contributed by atoms with E-state index in [0.29, 0.717) is 21.9 Å². The molecule has 1 saturated carbocycles. The molecule has 1 aromatic carbocycles. The molecule has 154 valence electrons. The molecule has 1 aliphatic carbocycles. The van der Waals surface area contributed by atoms with Gasteiger partial charge in [-0.2, -0.15) is 10.5 Å². The predicted octanol–water partition coefficient (Wildman–Crippen LogP) is 5.00. The zero-order chi connectivity index (χ0) is 21.8. The number of anilines is 1. The minimum absolute atomic E-state index is 0.117. The number of nitrogen functional groups attached to an aromatic ring is 1. The molecule has 0 saturated heterocycles. The highest BCUT2D eigenvalue weighted by atomic mass is 32.2. The molecule has 0 amide bonds. The first-order valence-electron chi connectivity index (χ1n) is 10.0. The zero-order valence-electron chi connectivity index (χ0n) is 17.1. The number of nitrogens with two attached hydrogens (primary N) is 1. The SMILES string of the molecule is Cc1cccc(CSc2nc(N)c(C#N)c(-c3ccc(OC4CCC4)cc3)c2C#N)n1. The molecule has 0 atom stereocenters. The molecule has 4 rings (SSSR count). The number of aryl methyl sites for hydroxylation is 1. The van der Waals surface area contributed by atoms with E-state index in [9.17, 15) is 10.5 Å². The Balaban J connectivity index is 1.68. The van der Waals surface area contributed by atoms with E-state index in [0.717, 1.165) is 35.5 Å². The smallest absolute Gasteiger partial charge is 0.143 e. The Morgan fingerprint density at radius 1 is 1.06 bits per heavy atom. The van der Waals surface area contributed by atoms with Gasteiger partial charge in [-0.1, -0.05) is 30.0 Å². The van der Waals surface area contributed by atoms with Crippen LogP contribution in [0, 0.1) is 29.6 Å². The maximum absolute atomic E-state index is 9.93. The molecule has 2 N–H and O–H groups in total. The fourth-order valence-corrected chi connectivity index (χ4v) is 4.29. The Morgan fingerprint density at radius 3 is 2.42 bits per heavy atom. The molecule has 0 unspecified atom stereocenters. The summed E-state index contributed by atoms with van der Waals surface area (Å²) in [6, 6.07) is 17.6. The van der Waals surface area contributed by atoms with Crippen molar-refractivity contribution in [3.8, 4) is 29.0 Å². The van der Waals surface area contributed by atoms with Crippen LogP contribution in [0.4, 0.5) is 5.82 Å². The summed E-state index contributed by atoms with van der Waals surface area (Å²) >= 11 is 1.39. The normalized spacial score (nSPS) is 13.1. The topological polar surface area (TPSA) is 109 Å². The van der Waals surface area contributed by atoms with Gasteiger partial charge in [0.1, 0.15) is 34.3 Å². The van der Waals surface area contributed by atoms with E-state index in [1.54, 1.807) is 0 Å². The highest BCUT2D eigenvalue weighted by Gasteiger charge is 2.22. The third-order valence-electron chi connectivity index (χ3n) is 5.22. The fraction of sp³-hybridized carbons (Fsp3) is 0.250. The molecule has 2 heterocycles. The van der Waals surface area contributed by atoms with Gasteiger partial charge in [0.25, 0.3) is 0 Å². The van der Waals surface area contributed by atoms with E-state index in [1.165, 1.54) is 18.2 Å². The number of benzene rings is 1. The van der Waals surface area contributed by atoms with Crippen molar-refractivity contribution >= 4 is 17.6 Å². The van der Waals surface area contributed by atoms with Crippen LogP contribution >= 0.6 is 11.8 Å². The number of hydrogen-bond donors (Lipinski definition) is 1. The number of rotatable bonds is 6. The van der Waals surface area contributed by atoms with Gasteiger partial charge in [-0.05, 0) is 56.0 Å². The Kier molecular flexibility index (Phi) is 6.06. The summed E-state index contributed by atoms with van der Waals surface area (Å²) in [7, 11) is 0. The number of thioether (sulfide) groups is 1. The third kappa shape index (κ3) is 4.47. The van der Waals surface area contributed by atoms with Gasteiger partial charge in [-0.3, -0.25) is 4.98 Å². The number of pyridine rings is 2. The van der Waals surface area contributed by atoms with Crippen molar-refractivity contribution < 1.29 is 4.74 Å². The van der Waals surface area contributed by atoms with Crippen LogP contribution < -0.4 is 10.5 Å². The van der Waals surface area contributed by atoms with Gasteiger partial charge in [0.2, 0.25) is 0 Å². The summed E-state index contributed by atoms with van der Waals surface area (Å²) in [4.78, 5) is 8.85. The molecular formula is C24H21N5OS. The number of nitrogens with zero attached hydrogens (tertiary/aromatic N) is 4. The van der Waals surface area contributed by atoms with Crippen molar-refractivity contribution in [2.75, 3.05) is 5.73 Å². The minimum atomic E-state index is 0.117. The highest BCUT2D eigenvalue weighted by molar-refractivity contribution is 7.98. The average molecular weight is 428 g/mol. The van der Waals surface area contributed by atoms with Gasteiger partial charge < -0.3 is 10.5 Å². The van der Waals surface area contributed by atoms with Crippen LogP contribution in [0.25, 0.3) is 11.1 Å². The van der Waals surface area contributed by atoms with E-state index in [1.807, 2.05) is 49.4 Å². The van der Waals surface area contributed by atoms with Gasteiger partial charge in [0.15, 0.2) is 0 Å². The van der Waals surface area contributed by atoms with Crippen LogP contribution in [0.5, 0.6) is 5.75 Å². The summed E-state index contributed by atoms with van der Waals surface area (Å²) in [5.74, 6) is 1.45. The molecular weight excluding hydrogens is 406 g/mol. The first-order valence-corrected chi connectivity index (χ1v) is 11.0. The van der Waals surface area contributed by atoms with Crippen molar-refractivity contribution in [2.24, 2.45) is 0 Å². The zero-order valence-corrected chi connectivity index (χ0v) is 17.9. The van der Waals surface area contributed by atoms with E-state index >= 15 is 0 Å². The second kappa shape index (κ2) is 9.07. The first kappa shape index (κ1) is 20.7. The van der Waals surface area contributed by atoms with Crippen molar-refractivity contribution in [3.05, 3.63) is 65.0 Å². The lowest BCUT2D eigenvalue weighted by Gasteiger charge is -2.26. The summed E-state index contributed by atoms with van der Waals surface area (Å²) in [6.45, 7) is 1.93. The number of hydrogen-bond acceptors (Lipinski definition) is 7. The molecule has 7 heteroatoms. The molecule has 1 aliphatic rings. The molecule has 6 nitrogen and oxygen atoms in total. The molecule has 3 aromatic rings. The monoisotopic (exact) mass is 427 g/mol. The molecule has 0 bridgehead atoms. The van der Waals surface area contributed by atoms with Crippen LogP contribution in [0.3, 0.4) is 0 Å². The average Bonchev–Trinajstić information content (AvgIpc) is 2.75. The molecule has 1 fully saturated rings. The Bertz CT molecular complexity index is 1190. The van der Waals surface area contributed by atoms with Crippen LogP contribution in [0.2, 0.25) is 0 Å². The first-order chi connectivity index (χ1) is 15.1. The van der Waals surface area contributed by atoms with E-state index < -0.39 is 0 Å². The van der Waals surface area contributed by atoms with Crippen LogP contribution in [0.1, 0.15) is 41.8 Å². The van der Waals surface area contributed by atoms with Crippen molar-refractivity contribution in [3.63, 3.8) is 0 Å². The van der Waals surface area contributed by atoms with Gasteiger partial charge in [0, 0.05) is 17.0 Å². The van der Waals surface area contributed by atoms with E-state index in [-0.39, 0.29) is 17.5 Å². The van der Waals surface area contributed by atoms with Crippen molar-refractivity contribution in [1.82, 2.24) is 9.97 Å². The number of ether oxygens (including phenoxy) is 1. The maximum Gasteiger partial charge on any atom is 0.143 e. The lowest BCUT2D eigenvalue weighted by Crippen LogP contribution is -2.24. The molecule has 31 heavy (non-hydrogen) atoms. The van der Waals surface area contributed by atoms with Gasteiger partial charge >= 0.3 is 0 Å². The molecule has 0 radical (unpaired) electrons. The summed E-state index contributed by atoms with van der Waals surface area (Å²) in [6.07, 6.45) is 3.64. The molecule has 2 aromatic heterocycles. The lowest BCUT2D eigenvalue weighted by molar-refractivity contribution is 0.120. The minimum Gasteiger partial charge on any atom is -0.490 e. The fourth-order valence-electron chi connectivity index (χ4n) is 3.39. The van der Waals surface area contributed by atoms with E-state index in [4.69, 9.17) is 10.5 Å². The number of nitriles is 2. The summed E-state index contributed by atoms with van der Waals surface area (Å²) in [5, 5.41) is 20.1. The second-order valence-corrected chi connectivity index (χ2v) is 8.37. The maximum atomic E-state index is 9.93. The highest BCUT2D eigenvalue weighted by Crippen LogP contribution is 2.37. The van der Waals surface area contributed by atoms with Crippen molar-refractivity contribution in [2.45, 2.75) is 43.1 Å². The Morgan fingerprint density at radius 2 is 1.81 bits per heavy atom. The summed E-state index contributed by atoms with van der Waals surface area (Å²) < 4.78 is 5.92. The van der Waals surface area contributed by atoms with Crippen LogP contribution in [0.15, 0.2) is 47.5 Å².